The third-order valence-electron chi connectivity index (χ3n) is 6.81. The number of allylic oxidation sites excluding steroid dienone is 1. The maximum Gasteiger partial charge on any atom is 0.337 e. The number of hydrogen-bond acceptors (Lipinski definition) is 8. The van der Waals surface area contributed by atoms with Gasteiger partial charge in [-0.1, -0.05) is 36.4 Å². The Morgan fingerprint density at radius 2 is 1.77 bits per heavy atom. The quantitative estimate of drug-likeness (QED) is 0.182. The monoisotopic (exact) mass is 533 g/mol. The van der Waals surface area contributed by atoms with Crippen molar-refractivity contribution < 1.29 is 33.3 Å². The van der Waals surface area contributed by atoms with Crippen molar-refractivity contribution in [2.75, 3.05) is 7.11 Å². The lowest BCUT2D eigenvalue weighted by atomic mass is 9.84. The van der Waals surface area contributed by atoms with Crippen LogP contribution in [0.3, 0.4) is 0 Å². The summed E-state index contributed by atoms with van der Waals surface area (Å²) in [5.74, 6) is -0.151. The van der Waals surface area contributed by atoms with Crippen LogP contribution in [0.2, 0.25) is 0 Å². The first-order chi connectivity index (χ1) is 19.5. The van der Waals surface area contributed by atoms with Gasteiger partial charge in [-0.05, 0) is 54.1 Å². The number of aromatic nitrogens is 1. The number of ketones is 1. The average Bonchev–Trinajstić information content (AvgIpc) is 3.30. The summed E-state index contributed by atoms with van der Waals surface area (Å²) >= 11 is 0. The highest BCUT2D eigenvalue weighted by atomic mass is 16.5. The zero-order valence-corrected chi connectivity index (χ0v) is 21.5. The summed E-state index contributed by atoms with van der Waals surface area (Å²) in [5, 5.41) is 0. The molecule has 0 fully saturated rings. The fourth-order valence-corrected chi connectivity index (χ4v) is 4.89. The Balaban J connectivity index is 1.35. The predicted octanol–water partition coefficient (Wildman–Crippen LogP) is 5.50. The molecule has 1 atom stereocenters. The van der Waals surface area contributed by atoms with Crippen molar-refractivity contribution in [3.05, 3.63) is 124 Å². The minimum absolute atomic E-state index is 0.0546. The van der Waals surface area contributed by atoms with Crippen molar-refractivity contribution in [3.63, 3.8) is 0 Å². The zero-order valence-electron chi connectivity index (χ0n) is 21.5. The van der Waals surface area contributed by atoms with Crippen molar-refractivity contribution in [2.45, 2.75) is 18.9 Å². The Labute approximate surface area is 229 Å². The number of methoxy groups -OCH3 is 1. The molecule has 3 aromatic carbocycles. The van der Waals surface area contributed by atoms with Crippen molar-refractivity contribution in [1.82, 2.24) is 4.98 Å². The summed E-state index contributed by atoms with van der Waals surface area (Å²) in [6, 6.07) is 23.0. The molecule has 0 bridgehead atoms. The first-order valence-electron chi connectivity index (χ1n) is 12.6. The van der Waals surface area contributed by atoms with Crippen LogP contribution in [-0.2, 0) is 16.1 Å². The molecule has 6 rings (SSSR count). The van der Waals surface area contributed by atoms with Crippen LogP contribution in [0.5, 0.6) is 17.2 Å². The zero-order chi connectivity index (χ0) is 27.6. The summed E-state index contributed by atoms with van der Waals surface area (Å²) in [5.41, 5.74) is 3.61. The molecule has 0 spiro atoms. The van der Waals surface area contributed by atoms with Crippen molar-refractivity contribution in [1.29, 1.82) is 0 Å². The van der Waals surface area contributed by atoms with E-state index in [0.717, 1.165) is 11.3 Å². The number of pyridine rings is 1. The van der Waals surface area contributed by atoms with E-state index >= 15 is 0 Å². The van der Waals surface area contributed by atoms with Crippen LogP contribution in [0.25, 0.3) is 6.08 Å². The Hall–Kier alpha value is -5.24. The first-order valence-corrected chi connectivity index (χ1v) is 12.6. The van der Waals surface area contributed by atoms with E-state index in [0.29, 0.717) is 39.5 Å². The number of rotatable bonds is 6. The summed E-state index contributed by atoms with van der Waals surface area (Å²) in [6.45, 7) is 0.255. The van der Waals surface area contributed by atoms with E-state index in [1.807, 2.05) is 42.5 Å². The van der Waals surface area contributed by atoms with Crippen molar-refractivity contribution in [2.24, 2.45) is 0 Å². The summed E-state index contributed by atoms with van der Waals surface area (Å²) in [7, 11) is 1.32. The molecule has 0 N–H and O–H groups in total. The number of hydrogen-bond donors (Lipinski definition) is 0. The van der Waals surface area contributed by atoms with Gasteiger partial charge in [-0.2, -0.15) is 0 Å². The van der Waals surface area contributed by atoms with Crippen LogP contribution in [0, 0.1) is 0 Å². The number of Topliss-reactive ketones (excluding diaryl/α,β-unsaturated/α-hetero) is 1. The summed E-state index contributed by atoms with van der Waals surface area (Å²) in [4.78, 5) is 42.0. The molecule has 1 unspecified atom stereocenters. The van der Waals surface area contributed by atoms with E-state index in [2.05, 4.69) is 4.98 Å². The molecule has 4 aromatic rings. The highest BCUT2D eigenvalue weighted by molar-refractivity contribution is 6.15. The normalized spacial score (nSPS) is 16.5. The number of ether oxygens (including phenoxy) is 4. The highest BCUT2D eigenvalue weighted by Gasteiger charge is 2.39. The standard InChI is InChI=1S/C32H23NO7/c1-37-32(36)20-11-9-19(10-12-20)16-27-30(35)23-13-14-26-29(31(23)40-27)24(17-28(34)39-26)22-7-2-3-8-25(22)38-18-21-6-4-5-15-33-21/h2-16,24H,17-18H2,1H3/b27-16-. The van der Waals surface area contributed by atoms with Gasteiger partial charge in [0, 0.05) is 23.2 Å². The second-order valence-electron chi connectivity index (χ2n) is 9.29. The maximum atomic E-state index is 13.3. The minimum Gasteiger partial charge on any atom is -0.487 e. The topological polar surface area (TPSA) is 101 Å². The Morgan fingerprint density at radius 1 is 0.975 bits per heavy atom. The molecule has 2 aliphatic heterocycles. The second kappa shape index (κ2) is 10.5. The first kappa shape index (κ1) is 25.1. The van der Waals surface area contributed by atoms with Gasteiger partial charge >= 0.3 is 11.9 Å². The smallest absolute Gasteiger partial charge is 0.337 e. The van der Waals surface area contributed by atoms with Crippen LogP contribution in [0.4, 0.5) is 0 Å². The fraction of sp³-hybridized carbons (Fsp3) is 0.125. The molecule has 40 heavy (non-hydrogen) atoms. The second-order valence-corrected chi connectivity index (χ2v) is 9.29. The SMILES string of the molecule is COC(=O)c1ccc(/C=C2\Oc3c(ccc4c3C(c3ccccc3OCc3ccccn3)CC(=O)O4)C2=O)cc1. The Bertz CT molecular complexity index is 1660. The average molecular weight is 534 g/mol. The molecular formula is C32H23NO7. The van der Waals surface area contributed by atoms with E-state index in [9.17, 15) is 14.4 Å². The van der Waals surface area contributed by atoms with Gasteiger partial charge in [0.1, 0.15) is 23.9 Å². The molecule has 0 amide bonds. The van der Waals surface area contributed by atoms with Crippen LogP contribution < -0.4 is 14.2 Å². The Morgan fingerprint density at radius 3 is 2.55 bits per heavy atom. The lowest BCUT2D eigenvalue weighted by Crippen LogP contribution is -2.22. The largest absolute Gasteiger partial charge is 0.487 e. The fourth-order valence-electron chi connectivity index (χ4n) is 4.89. The molecule has 0 saturated heterocycles. The van der Waals surface area contributed by atoms with Gasteiger partial charge in [0.25, 0.3) is 0 Å². The molecule has 198 valence electrons. The third kappa shape index (κ3) is 4.71. The lowest BCUT2D eigenvalue weighted by molar-refractivity contribution is -0.135. The molecule has 0 saturated carbocycles. The number of carbonyl (C=O) groups is 3. The van der Waals surface area contributed by atoms with Crippen LogP contribution in [0.1, 0.15) is 55.4 Å². The van der Waals surface area contributed by atoms with E-state index in [1.165, 1.54) is 7.11 Å². The molecule has 0 radical (unpaired) electrons. The summed E-state index contributed by atoms with van der Waals surface area (Å²) in [6.07, 6.45) is 3.37. The van der Waals surface area contributed by atoms with Gasteiger partial charge in [0.05, 0.1) is 30.4 Å². The Kier molecular flexibility index (Phi) is 6.57. The molecule has 3 heterocycles. The number of esters is 2. The number of benzene rings is 3. The van der Waals surface area contributed by atoms with E-state index < -0.39 is 11.9 Å². The molecule has 8 nitrogen and oxygen atoms in total. The van der Waals surface area contributed by atoms with Gasteiger partial charge in [-0.25, -0.2) is 4.79 Å². The van der Waals surface area contributed by atoms with Gasteiger partial charge in [-0.15, -0.1) is 0 Å². The van der Waals surface area contributed by atoms with E-state index in [1.54, 1.807) is 48.7 Å². The van der Waals surface area contributed by atoms with Gasteiger partial charge in [-0.3, -0.25) is 14.6 Å². The van der Waals surface area contributed by atoms with Gasteiger partial charge in [0.15, 0.2) is 5.76 Å². The van der Waals surface area contributed by atoms with Gasteiger partial charge in [0.2, 0.25) is 5.78 Å². The summed E-state index contributed by atoms with van der Waals surface area (Å²) < 4.78 is 22.6. The van der Waals surface area contributed by atoms with E-state index in [-0.39, 0.29) is 30.5 Å². The van der Waals surface area contributed by atoms with Gasteiger partial charge < -0.3 is 18.9 Å². The lowest BCUT2D eigenvalue weighted by Gasteiger charge is -2.27. The van der Waals surface area contributed by atoms with Crippen LogP contribution in [0.15, 0.2) is 90.8 Å². The number of nitrogens with zero attached hydrogens (tertiary/aromatic N) is 1. The molecular weight excluding hydrogens is 510 g/mol. The van der Waals surface area contributed by atoms with E-state index in [4.69, 9.17) is 18.9 Å². The third-order valence-corrected chi connectivity index (χ3v) is 6.81. The number of para-hydroxylation sites is 1. The van der Waals surface area contributed by atoms with Crippen LogP contribution in [-0.4, -0.2) is 29.8 Å². The molecule has 1 aromatic heterocycles. The highest BCUT2D eigenvalue weighted by Crippen LogP contribution is 2.50. The number of carbonyl (C=O) groups excluding carboxylic acids is 3. The molecule has 2 aliphatic rings. The van der Waals surface area contributed by atoms with Crippen molar-refractivity contribution >= 4 is 23.8 Å². The number of fused-ring (bicyclic) bond motifs is 3. The maximum absolute atomic E-state index is 13.3. The van der Waals surface area contributed by atoms with Crippen molar-refractivity contribution in [3.8, 4) is 17.2 Å². The molecule has 0 aliphatic carbocycles. The van der Waals surface area contributed by atoms with Crippen LogP contribution >= 0.6 is 0 Å². The molecule has 8 heteroatoms. The minimum atomic E-state index is -0.461. The predicted molar refractivity (Wildman–Crippen MR) is 144 cm³/mol.